The fourth-order valence-corrected chi connectivity index (χ4v) is 1.63. The number of hydrogen-bond donors (Lipinski definition) is 1. The highest BCUT2D eigenvalue weighted by atomic mass is 19.4. The van der Waals surface area contributed by atoms with E-state index in [9.17, 15) is 18.3 Å². The molecule has 0 heterocycles. The van der Waals surface area contributed by atoms with Crippen LogP contribution in [0.25, 0.3) is 0 Å². The van der Waals surface area contributed by atoms with E-state index < -0.39 is 12.3 Å². The summed E-state index contributed by atoms with van der Waals surface area (Å²) in [5.41, 5.74) is 1.51. The molecule has 0 amide bonds. The number of halogens is 3. The molecule has 0 spiro atoms. The second-order valence-corrected chi connectivity index (χ2v) is 3.68. The molecule has 4 heteroatoms. The molecular weight excluding hydrogens is 217 g/mol. The highest BCUT2D eigenvalue weighted by molar-refractivity contribution is 5.34. The molecule has 0 aromatic heterocycles. The van der Waals surface area contributed by atoms with Crippen molar-refractivity contribution in [3.63, 3.8) is 0 Å². The predicted molar refractivity (Wildman–Crippen MR) is 56.2 cm³/mol. The van der Waals surface area contributed by atoms with Crippen molar-refractivity contribution in [1.29, 1.82) is 0 Å². The van der Waals surface area contributed by atoms with Crippen molar-refractivity contribution in [2.24, 2.45) is 0 Å². The van der Waals surface area contributed by atoms with Crippen LogP contribution in [-0.4, -0.2) is 11.3 Å². The van der Waals surface area contributed by atoms with Crippen LogP contribution in [0.1, 0.15) is 36.6 Å². The van der Waals surface area contributed by atoms with E-state index in [1.165, 1.54) is 6.07 Å². The molecule has 0 aliphatic rings. The minimum atomic E-state index is -4.60. The van der Waals surface area contributed by atoms with Crippen LogP contribution in [0.5, 0.6) is 0 Å². The zero-order valence-corrected chi connectivity index (χ0v) is 9.30. The molecule has 16 heavy (non-hydrogen) atoms. The van der Waals surface area contributed by atoms with E-state index in [4.69, 9.17) is 0 Å². The van der Waals surface area contributed by atoms with Gasteiger partial charge in [0.15, 0.2) is 6.10 Å². The van der Waals surface area contributed by atoms with Crippen LogP contribution in [0.2, 0.25) is 0 Å². The molecule has 1 atom stereocenters. The summed E-state index contributed by atoms with van der Waals surface area (Å²) in [5.74, 6) is 0. The highest BCUT2D eigenvalue weighted by Gasteiger charge is 2.40. The van der Waals surface area contributed by atoms with Gasteiger partial charge < -0.3 is 5.11 Å². The molecule has 1 unspecified atom stereocenters. The smallest absolute Gasteiger partial charge is 0.379 e. The Kier molecular flexibility index (Phi) is 3.97. The molecule has 0 radical (unpaired) electrons. The number of aliphatic hydroxyl groups excluding tert-OH is 1. The van der Waals surface area contributed by atoms with Gasteiger partial charge in [0.2, 0.25) is 0 Å². The fourth-order valence-electron chi connectivity index (χ4n) is 1.63. The fraction of sp³-hybridized carbons (Fsp3) is 0.500. The van der Waals surface area contributed by atoms with E-state index in [0.717, 1.165) is 12.0 Å². The average Bonchev–Trinajstić information content (AvgIpc) is 2.26. The Morgan fingerprint density at radius 3 is 2.25 bits per heavy atom. The van der Waals surface area contributed by atoms with Gasteiger partial charge in [0.25, 0.3) is 0 Å². The van der Waals surface area contributed by atoms with E-state index in [-0.39, 0.29) is 5.56 Å². The van der Waals surface area contributed by atoms with Gasteiger partial charge in [-0.05, 0) is 29.5 Å². The standard InChI is InChI=1S/C12H15F3O/c1-3-8-5-6-10(9(4-2)7-8)11(16)12(13,14)15/h5-7,11,16H,3-4H2,1-2H3. The molecule has 90 valence electrons. The van der Waals surface area contributed by atoms with Crippen LogP contribution in [0.15, 0.2) is 18.2 Å². The van der Waals surface area contributed by atoms with Gasteiger partial charge in [-0.2, -0.15) is 13.2 Å². The SMILES string of the molecule is CCc1ccc(C(O)C(F)(F)F)c(CC)c1. The third-order valence-corrected chi connectivity index (χ3v) is 2.60. The Hall–Kier alpha value is -1.03. The van der Waals surface area contributed by atoms with Crippen LogP contribution in [-0.2, 0) is 12.8 Å². The Bertz CT molecular complexity index is 358. The maximum Gasteiger partial charge on any atom is 0.418 e. The van der Waals surface area contributed by atoms with Crippen molar-refractivity contribution in [2.45, 2.75) is 39.0 Å². The number of benzene rings is 1. The van der Waals surface area contributed by atoms with E-state index in [0.29, 0.717) is 12.0 Å². The van der Waals surface area contributed by atoms with Crippen LogP contribution >= 0.6 is 0 Å². The molecule has 1 N–H and O–H groups in total. The number of aliphatic hydroxyl groups is 1. The first-order valence-corrected chi connectivity index (χ1v) is 5.26. The maximum absolute atomic E-state index is 12.4. The normalized spacial score (nSPS) is 13.9. The summed E-state index contributed by atoms with van der Waals surface area (Å²) in [6.07, 6.45) is -5.73. The Labute approximate surface area is 92.9 Å². The molecular formula is C12H15F3O. The third kappa shape index (κ3) is 2.76. The summed E-state index contributed by atoms with van der Waals surface area (Å²) >= 11 is 0. The molecule has 0 saturated carbocycles. The Morgan fingerprint density at radius 1 is 1.19 bits per heavy atom. The van der Waals surface area contributed by atoms with Gasteiger partial charge in [0, 0.05) is 0 Å². The topological polar surface area (TPSA) is 20.2 Å². The number of hydrogen-bond acceptors (Lipinski definition) is 1. The van der Waals surface area contributed by atoms with Crippen LogP contribution < -0.4 is 0 Å². The summed E-state index contributed by atoms with van der Waals surface area (Å²) in [5, 5.41) is 9.21. The molecule has 1 aromatic carbocycles. The van der Waals surface area contributed by atoms with Crippen molar-refractivity contribution in [3.8, 4) is 0 Å². The van der Waals surface area contributed by atoms with Gasteiger partial charge in [0.1, 0.15) is 0 Å². The largest absolute Gasteiger partial charge is 0.418 e. The first-order chi connectivity index (χ1) is 7.40. The van der Waals surface area contributed by atoms with Gasteiger partial charge in [-0.15, -0.1) is 0 Å². The Morgan fingerprint density at radius 2 is 1.81 bits per heavy atom. The van der Waals surface area contributed by atoms with Crippen LogP contribution in [0.4, 0.5) is 13.2 Å². The lowest BCUT2D eigenvalue weighted by molar-refractivity contribution is -0.207. The minimum absolute atomic E-state index is 0.0350. The summed E-state index contributed by atoms with van der Waals surface area (Å²) in [4.78, 5) is 0. The first kappa shape index (κ1) is 13.0. The van der Waals surface area contributed by atoms with E-state index in [1.807, 2.05) is 6.92 Å². The second kappa shape index (κ2) is 4.87. The first-order valence-electron chi connectivity index (χ1n) is 5.26. The maximum atomic E-state index is 12.4. The molecule has 0 aliphatic heterocycles. The second-order valence-electron chi connectivity index (χ2n) is 3.68. The monoisotopic (exact) mass is 232 g/mol. The zero-order valence-electron chi connectivity index (χ0n) is 9.30. The molecule has 0 saturated heterocycles. The van der Waals surface area contributed by atoms with Crippen LogP contribution in [0, 0.1) is 0 Å². The number of aryl methyl sites for hydroxylation is 2. The van der Waals surface area contributed by atoms with Crippen molar-refractivity contribution in [1.82, 2.24) is 0 Å². The van der Waals surface area contributed by atoms with Crippen molar-refractivity contribution < 1.29 is 18.3 Å². The molecule has 0 bridgehead atoms. The van der Waals surface area contributed by atoms with Gasteiger partial charge in [0.05, 0.1) is 0 Å². The lowest BCUT2D eigenvalue weighted by atomic mass is 9.97. The van der Waals surface area contributed by atoms with E-state index >= 15 is 0 Å². The van der Waals surface area contributed by atoms with Crippen LogP contribution in [0.3, 0.4) is 0 Å². The van der Waals surface area contributed by atoms with Gasteiger partial charge in [-0.1, -0.05) is 32.0 Å². The third-order valence-electron chi connectivity index (χ3n) is 2.60. The minimum Gasteiger partial charge on any atom is -0.379 e. The summed E-state index contributed by atoms with van der Waals surface area (Å²) in [6.45, 7) is 3.72. The lowest BCUT2D eigenvalue weighted by Gasteiger charge is -2.18. The molecule has 1 aromatic rings. The molecule has 0 fully saturated rings. The quantitative estimate of drug-likeness (QED) is 0.846. The summed E-state index contributed by atoms with van der Waals surface area (Å²) in [6, 6.07) is 4.73. The lowest BCUT2D eigenvalue weighted by Crippen LogP contribution is -2.21. The van der Waals surface area contributed by atoms with E-state index in [2.05, 4.69) is 0 Å². The van der Waals surface area contributed by atoms with E-state index in [1.54, 1.807) is 19.1 Å². The van der Waals surface area contributed by atoms with Gasteiger partial charge >= 0.3 is 6.18 Å². The summed E-state index contributed by atoms with van der Waals surface area (Å²) in [7, 11) is 0. The molecule has 1 rings (SSSR count). The van der Waals surface area contributed by atoms with Gasteiger partial charge in [-0.3, -0.25) is 0 Å². The zero-order chi connectivity index (χ0) is 12.3. The van der Waals surface area contributed by atoms with Gasteiger partial charge in [-0.25, -0.2) is 0 Å². The van der Waals surface area contributed by atoms with Crippen molar-refractivity contribution >= 4 is 0 Å². The molecule has 0 aliphatic carbocycles. The Balaban J connectivity index is 3.14. The average molecular weight is 232 g/mol. The number of alkyl halides is 3. The highest BCUT2D eigenvalue weighted by Crippen LogP contribution is 2.34. The van der Waals surface area contributed by atoms with Crippen molar-refractivity contribution in [3.05, 3.63) is 34.9 Å². The molecule has 1 nitrogen and oxygen atoms in total. The summed E-state index contributed by atoms with van der Waals surface area (Å²) < 4.78 is 37.2. The predicted octanol–water partition coefficient (Wildman–Crippen LogP) is 3.41. The number of rotatable bonds is 3. The van der Waals surface area contributed by atoms with Crippen molar-refractivity contribution in [2.75, 3.05) is 0 Å².